The van der Waals surface area contributed by atoms with Gasteiger partial charge in [-0.05, 0) is 36.6 Å². The highest BCUT2D eigenvalue weighted by Crippen LogP contribution is 2.22. The monoisotopic (exact) mass is 239 g/mol. The van der Waals surface area contributed by atoms with E-state index in [1.165, 1.54) is 30.5 Å². The van der Waals surface area contributed by atoms with Gasteiger partial charge in [0.15, 0.2) is 0 Å². The van der Waals surface area contributed by atoms with Crippen LogP contribution in [0, 0.1) is 0 Å². The van der Waals surface area contributed by atoms with Gasteiger partial charge in [0.25, 0.3) is 0 Å². The van der Waals surface area contributed by atoms with Crippen LogP contribution in [0.2, 0.25) is 0 Å². The molecule has 0 unspecified atom stereocenters. The van der Waals surface area contributed by atoms with Crippen molar-refractivity contribution in [2.75, 3.05) is 5.32 Å². The van der Waals surface area contributed by atoms with E-state index in [-0.39, 0.29) is 0 Å². The van der Waals surface area contributed by atoms with Crippen molar-refractivity contribution in [3.63, 3.8) is 0 Å². The van der Waals surface area contributed by atoms with Crippen LogP contribution in [0.25, 0.3) is 0 Å². The summed E-state index contributed by atoms with van der Waals surface area (Å²) < 4.78 is 0. The lowest BCUT2D eigenvalue weighted by molar-refractivity contribution is 0.718. The van der Waals surface area contributed by atoms with Crippen LogP contribution in [0.1, 0.15) is 31.7 Å². The molecule has 1 nitrogen and oxygen atoms in total. The summed E-state index contributed by atoms with van der Waals surface area (Å²) in [5.74, 6) is 0. The smallest absolute Gasteiger partial charge is 0.0416 e. The Morgan fingerprint density at radius 2 is 1.56 bits per heavy atom. The molecule has 0 atom stereocenters. The zero-order valence-electron chi connectivity index (χ0n) is 11.0. The molecule has 0 aromatic heterocycles. The zero-order valence-corrected chi connectivity index (χ0v) is 11.0. The maximum absolute atomic E-state index is 3.50. The number of para-hydroxylation sites is 2. The molecule has 0 aliphatic heterocycles. The lowest BCUT2D eigenvalue weighted by atomic mass is 10.1. The summed E-state index contributed by atoms with van der Waals surface area (Å²) >= 11 is 0. The minimum atomic E-state index is 1.15. The maximum atomic E-state index is 3.50. The van der Waals surface area contributed by atoms with Crippen molar-refractivity contribution in [1.29, 1.82) is 0 Å². The molecule has 0 aliphatic rings. The molecule has 0 radical (unpaired) electrons. The number of anilines is 2. The molecule has 0 saturated heterocycles. The molecular formula is C17H21N. The van der Waals surface area contributed by atoms with Crippen LogP contribution in [0.15, 0.2) is 54.6 Å². The van der Waals surface area contributed by atoms with E-state index in [0.717, 1.165) is 12.1 Å². The number of hydrogen-bond donors (Lipinski definition) is 1. The summed E-state index contributed by atoms with van der Waals surface area (Å²) in [5, 5.41) is 3.50. The third-order valence-electron chi connectivity index (χ3n) is 3.12. The molecule has 0 fully saturated rings. The number of nitrogens with one attached hydrogen (secondary N) is 1. The van der Waals surface area contributed by atoms with Crippen LogP contribution < -0.4 is 5.32 Å². The van der Waals surface area contributed by atoms with Crippen molar-refractivity contribution < 1.29 is 0 Å². The SMILES string of the molecule is CCCCCc1ccccc1Nc1ccccc1. The number of unbranched alkanes of at least 4 members (excludes halogenated alkanes) is 2. The minimum Gasteiger partial charge on any atom is -0.355 e. The van der Waals surface area contributed by atoms with Gasteiger partial charge in [-0.1, -0.05) is 56.2 Å². The Bertz CT molecular complexity index is 462. The maximum Gasteiger partial charge on any atom is 0.0416 e. The highest BCUT2D eigenvalue weighted by Gasteiger charge is 2.01. The minimum absolute atomic E-state index is 1.15. The molecule has 1 heteroatoms. The van der Waals surface area contributed by atoms with Gasteiger partial charge >= 0.3 is 0 Å². The quantitative estimate of drug-likeness (QED) is 0.686. The molecule has 18 heavy (non-hydrogen) atoms. The van der Waals surface area contributed by atoms with E-state index < -0.39 is 0 Å². The van der Waals surface area contributed by atoms with Crippen molar-refractivity contribution in [3.05, 3.63) is 60.2 Å². The molecule has 94 valence electrons. The van der Waals surface area contributed by atoms with Gasteiger partial charge in [-0.15, -0.1) is 0 Å². The van der Waals surface area contributed by atoms with E-state index in [9.17, 15) is 0 Å². The number of rotatable bonds is 6. The van der Waals surface area contributed by atoms with Crippen LogP contribution in [-0.4, -0.2) is 0 Å². The van der Waals surface area contributed by atoms with Gasteiger partial charge in [-0.2, -0.15) is 0 Å². The van der Waals surface area contributed by atoms with Gasteiger partial charge in [0, 0.05) is 11.4 Å². The Morgan fingerprint density at radius 1 is 0.833 bits per heavy atom. The van der Waals surface area contributed by atoms with Gasteiger partial charge in [0.1, 0.15) is 0 Å². The van der Waals surface area contributed by atoms with Crippen LogP contribution in [0.3, 0.4) is 0 Å². The van der Waals surface area contributed by atoms with E-state index >= 15 is 0 Å². The first-order valence-electron chi connectivity index (χ1n) is 6.80. The summed E-state index contributed by atoms with van der Waals surface area (Å²) in [7, 11) is 0. The third-order valence-corrected chi connectivity index (χ3v) is 3.12. The average Bonchev–Trinajstić information content (AvgIpc) is 2.42. The average molecular weight is 239 g/mol. The van der Waals surface area contributed by atoms with E-state index in [2.05, 4.69) is 60.8 Å². The molecule has 1 N–H and O–H groups in total. The summed E-state index contributed by atoms with van der Waals surface area (Å²) in [6.07, 6.45) is 5.00. The molecule has 0 bridgehead atoms. The van der Waals surface area contributed by atoms with Gasteiger partial charge < -0.3 is 5.32 Å². The summed E-state index contributed by atoms with van der Waals surface area (Å²) in [6, 6.07) is 19.0. The molecular weight excluding hydrogens is 218 g/mol. The van der Waals surface area contributed by atoms with Crippen LogP contribution in [0.4, 0.5) is 11.4 Å². The molecule has 2 aromatic carbocycles. The lowest BCUT2D eigenvalue weighted by Crippen LogP contribution is -1.96. The first-order valence-corrected chi connectivity index (χ1v) is 6.80. The molecule has 0 amide bonds. The molecule has 0 aliphatic carbocycles. The molecule has 2 rings (SSSR count). The van der Waals surface area contributed by atoms with Crippen molar-refractivity contribution in [3.8, 4) is 0 Å². The predicted octanol–water partition coefficient (Wildman–Crippen LogP) is 5.16. The Hall–Kier alpha value is -1.76. The highest BCUT2D eigenvalue weighted by atomic mass is 14.9. The Balaban J connectivity index is 2.07. The van der Waals surface area contributed by atoms with Crippen LogP contribution in [0.5, 0.6) is 0 Å². The third kappa shape index (κ3) is 3.63. The van der Waals surface area contributed by atoms with E-state index in [0.29, 0.717) is 0 Å². The molecule has 2 aromatic rings. The van der Waals surface area contributed by atoms with Gasteiger partial charge in [0.05, 0.1) is 0 Å². The second-order valence-electron chi connectivity index (χ2n) is 4.61. The van der Waals surface area contributed by atoms with Crippen LogP contribution >= 0.6 is 0 Å². The van der Waals surface area contributed by atoms with Crippen molar-refractivity contribution in [2.24, 2.45) is 0 Å². The van der Waals surface area contributed by atoms with Crippen LogP contribution in [-0.2, 0) is 6.42 Å². The van der Waals surface area contributed by atoms with Crippen molar-refractivity contribution in [1.82, 2.24) is 0 Å². The summed E-state index contributed by atoms with van der Waals surface area (Å²) in [6.45, 7) is 2.24. The number of benzene rings is 2. The molecule has 0 spiro atoms. The van der Waals surface area contributed by atoms with Gasteiger partial charge in [0.2, 0.25) is 0 Å². The Labute approximate surface area is 110 Å². The van der Waals surface area contributed by atoms with E-state index in [4.69, 9.17) is 0 Å². The fourth-order valence-corrected chi connectivity index (χ4v) is 2.10. The normalized spacial score (nSPS) is 10.3. The standard InChI is InChI=1S/C17H21N/c1-2-3-5-10-15-11-8-9-14-17(15)18-16-12-6-4-7-13-16/h4,6-9,11-14,18H,2-3,5,10H2,1H3. The van der Waals surface area contributed by atoms with Crippen molar-refractivity contribution >= 4 is 11.4 Å². The van der Waals surface area contributed by atoms with Crippen molar-refractivity contribution in [2.45, 2.75) is 32.6 Å². The fourth-order valence-electron chi connectivity index (χ4n) is 2.10. The molecule has 0 saturated carbocycles. The second kappa shape index (κ2) is 6.85. The first kappa shape index (κ1) is 12.7. The zero-order chi connectivity index (χ0) is 12.6. The first-order chi connectivity index (χ1) is 8.90. The van der Waals surface area contributed by atoms with E-state index in [1.54, 1.807) is 0 Å². The van der Waals surface area contributed by atoms with Gasteiger partial charge in [-0.25, -0.2) is 0 Å². The van der Waals surface area contributed by atoms with Gasteiger partial charge in [-0.3, -0.25) is 0 Å². The largest absolute Gasteiger partial charge is 0.355 e. The number of hydrogen-bond acceptors (Lipinski definition) is 1. The Kier molecular flexibility index (Phi) is 4.83. The lowest BCUT2D eigenvalue weighted by Gasteiger charge is -2.11. The highest BCUT2D eigenvalue weighted by molar-refractivity contribution is 5.62. The number of aryl methyl sites for hydroxylation is 1. The molecule has 0 heterocycles. The fraction of sp³-hybridized carbons (Fsp3) is 0.294. The van der Waals surface area contributed by atoms with E-state index in [1.807, 2.05) is 6.07 Å². The second-order valence-corrected chi connectivity index (χ2v) is 4.61. The summed E-state index contributed by atoms with van der Waals surface area (Å²) in [4.78, 5) is 0. The topological polar surface area (TPSA) is 12.0 Å². The predicted molar refractivity (Wildman–Crippen MR) is 79.4 cm³/mol. The Morgan fingerprint density at radius 3 is 2.33 bits per heavy atom. The summed E-state index contributed by atoms with van der Waals surface area (Å²) in [5.41, 5.74) is 3.80.